The first-order chi connectivity index (χ1) is 10.5. The lowest BCUT2D eigenvalue weighted by molar-refractivity contribution is 0.825. The summed E-state index contributed by atoms with van der Waals surface area (Å²) in [5, 5.41) is 5.21. The van der Waals surface area contributed by atoms with Gasteiger partial charge in [0.05, 0.1) is 11.4 Å². The Morgan fingerprint density at radius 2 is 1.95 bits per heavy atom. The first-order valence-corrected chi connectivity index (χ1v) is 7.74. The molecule has 0 radical (unpaired) electrons. The maximum Gasteiger partial charge on any atom is 0.177 e. The second kappa shape index (κ2) is 4.74. The number of rotatable bonds is 2. The number of fused-ring (bicyclic) bond motifs is 1. The Kier molecular flexibility index (Phi) is 2.94. The minimum Gasteiger partial charge on any atom is -0.256 e. The van der Waals surface area contributed by atoms with Crippen molar-refractivity contribution in [2.75, 3.05) is 0 Å². The number of aryl methyl sites for hydroxylation is 3. The van der Waals surface area contributed by atoms with E-state index in [1.807, 2.05) is 36.7 Å². The number of hydrogen-bond donors (Lipinski definition) is 0. The van der Waals surface area contributed by atoms with Gasteiger partial charge >= 0.3 is 0 Å². The molecule has 0 amide bonds. The highest BCUT2D eigenvalue weighted by Gasteiger charge is 2.44. The summed E-state index contributed by atoms with van der Waals surface area (Å²) >= 11 is 6.03. The summed E-state index contributed by atoms with van der Waals surface area (Å²) < 4.78 is 1.88. The minimum absolute atomic E-state index is 0.323. The third-order valence-electron chi connectivity index (χ3n) is 4.30. The zero-order valence-corrected chi connectivity index (χ0v) is 13.5. The summed E-state index contributed by atoms with van der Waals surface area (Å²) in [5.41, 5.74) is 4.99. The zero-order chi connectivity index (χ0) is 15.4. The van der Waals surface area contributed by atoms with Crippen LogP contribution in [0.25, 0.3) is 5.65 Å². The van der Waals surface area contributed by atoms with Crippen molar-refractivity contribution in [1.29, 1.82) is 0 Å². The minimum atomic E-state index is 0.323. The summed E-state index contributed by atoms with van der Waals surface area (Å²) in [7, 11) is 0. The van der Waals surface area contributed by atoms with Gasteiger partial charge in [0.2, 0.25) is 0 Å². The van der Waals surface area contributed by atoms with E-state index in [-0.39, 0.29) is 0 Å². The van der Waals surface area contributed by atoms with Gasteiger partial charge in [-0.3, -0.25) is 4.98 Å². The van der Waals surface area contributed by atoms with Gasteiger partial charge in [-0.1, -0.05) is 17.7 Å². The zero-order valence-electron chi connectivity index (χ0n) is 12.7. The molecular formula is C16H16ClN5. The summed E-state index contributed by atoms with van der Waals surface area (Å²) in [4.78, 5) is 13.5. The standard InChI is InChI=1S/C16H16ClN5/c1-8-4-5-13(17)19-14(8)11-6-12(11)15-20-16-10(3)18-7-9(2)22(16)21-15/h4-5,7,11-12H,6H2,1-3H3. The van der Waals surface area contributed by atoms with Gasteiger partial charge in [0.25, 0.3) is 0 Å². The molecule has 1 saturated carbocycles. The molecule has 1 aliphatic rings. The predicted octanol–water partition coefficient (Wildman–Crippen LogP) is 3.37. The van der Waals surface area contributed by atoms with Crippen LogP contribution in [0.3, 0.4) is 0 Å². The Hall–Kier alpha value is -2.01. The van der Waals surface area contributed by atoms with E-state index in [0.29, 0.717) is 17.0 Å². The van der Waals surface area contributed by atoms with Gasteiger partial charge < -0.3 is 0 Å². The van der Waals surface area contributed by atoms with Crippen LogP contribution < -0.4 is 0 Å². The first-order valence-electron chi connectivity index (χ1n) is 7.36. The Labute approximate surface area is 133 Å². The quantitative estimate of drug-likeness (QED) is 0.681. The molecule has 0 aromatic carbocycles. The van der Waals surface area contributed by atoms with Gasteiger partial charge in [-0.2, -0.15) is 5.10 Å². The largest absolute Gasteiger partial charge is 0.256 e. The molecule has 4 rings (SSSR count). The molecule has 2 unspecified atom stereocenters. The van der Waals surface area contributed by atoms with Crippen LogP contribution in [-0.2, 0) is 0 Å². The summed E-state index contributed by atoms with van der Waals surface area (Å²) in [5.74, 6) is 1.57. The lowest BCUT2D eigenvalue weighted by Crippen LogP contribution is -1.98. The Morgan fingerprint density at radius 3 is 2.73 bits per heavy atom. The molecule has 0 aliphatic heterocycles. The Bertz CT molecular complexity index is 847. The van der Waals surface area contributed by atoms with Crippen LogP contribution in [-0.4, -0.2) is 24.6 Å². The fraction of sp³-hybridized carbons (Fsp3) is 0.375. The van der Waals surface area contributed by atoms with Crippen LogP contribution in [0, 0.1) is 20.8 Å². The van der Waals surface area contributed by atoms with Gasteiger partial charge in [0, 0.05) is 23.7 Å². The number of halogens is 1. The van der Waals surface area contributed by atoms with Crippen molar-refractivity contribution in [3.8, 4) is 0 Å². The molecule has 5 nitrogen and oxygen atoms in total. The SMILES string of the molecule is Cc1ccc(Cl)nc1C1CC1c1nc2c(C)ncc(C)n2n1. The van der Waals surface area contributed by atoms with Crippen molar-refractivity contribution in [1.82, 2.24) is 24.6 Å². The van der Waals surface area contributed by atoms with Gasteiger partial charge in [-0.15, -0.1) is 0 Å². The predicted molar refractivity (Wildman–Crippen MR) is 84.3 cm³/mol. The maximum absolute atomic E-state index is 6.03. The molecule has 0 bridgehead atoms. The van der Waals surface area contributed by atoms with Crippen LogP contribution in [0.1, 0.15) is 46.7 Å². The topological polar surface area (TPSA) is 56.0 Å². The number of pyridine rings is 1. The molecule has 0 spiro atoms. The molecule has 0 saturated heterocycles. The third-order valence-corrected chi connectivity index (χ3v) is 4.51. The van der Waals surface area contributed by atoms with Crippen LogP contribution in [0.15, 0.2) is 18.3 Å². The van der Waals surface area contributed by atoms with E-state index in [4.69, 9.17) is 16.6 Å². The van der Waals surface area contributed by atoms with Crippen molar-refractivity contribution in [3.05, 3.63) is 52.0 Å². The van der Waals surface area contributed by atoms with Crippen LogP contribution in [0.2, 0.25) is 5.15 Å². The molecule has 112 valence electrons. The van der Waals surface area contributed by atoms with Crippen LogP contribution in [0.5, 0.6) is 0 Å². The van der Waals surface area contributed by atoms with E-state index in [0.717, 1.165) is 35.0 Å². The fourth-order valence-electron chi connectivity index (χ4n) is 2.95. The Balaban J connectivity index is 1.72. The van der Waals surface area contributed by atoms with Crippen LogP contribution >= 0.6 is 11.6 Å². The number of hydrogen-bond acceptors (Lipinski definition) is 4. The average Bonchev–Trinajstić information content (AvgIpc) is 3.15. The number of aromatic nitrogens is 5. The van der Waals surface area contributed by atoms with Crippen LogP contribution in [0.4, 0.5) is 0 Å². The van der Waals surface area contributed by atoms with E-state index in [2.05, 4.69) is 22.0 Å². The van der Waals surface area contributed by atoms with Crippen molar-refractivity contribution < 1.29 is 0 Å². The van der Waals surface area contributed by atoms with Gasteiger partial charge in [-0.05, 0) is 38.8 Å². The van der Waals surface area contributed by atoms with Gasteiger partial charge in [0.1, 0.15) is 5.15 Å². The second-order valence-electron chi connectivity index (χ2n) is 5.98. The number of nitrogens with zero attached hydrogens (tertiary/aromatic N) is 5. The third kappa shape index (κ3) is 2.08. The summed E-state index contributed by atoms with van der Waals surface area (Å²) in [6, 6.07) is 3.86. The summed E-state index contributed by atoms with van der Waals surface area (Å²) in [6.07, 6.45) is 2.85. The molecule has 6 heteroatoms. The average molecular weight is 314 g/mol. The highest BCUT2D eigenvalue weighted by atomic mass is 35.5. The van der Waals surface area contributed by atoms with Gasteiger partial charge in [-0.25, -0.2) is 14.5 Å². The smallest absolute Gasteiger partial charge is 0.177 e. The summed E-state index contributed by atoms with van der Waals surface area (Å²) in [6.45, 7) is 6.02. The van der Waals surface area contributed by atoms with Crippen molar-refractivity contribution in [2.24, 2.45) is 0 Å². The normalized spacial score (nSPS) is 20.5. The molecule has 0 N–H and O–H groups in total. The molecule has 1 fully saturated rings. The maximum atomic E-state index is 6.03. The molecule has 3 aromatic rings. The molecule has 3 heterocycles. The Morgan fingerprint density at radius 1 is 1.14 bits per heavy atom. The second-order valence-corrected chi connectivity index (χ2v) is 6.36. The molecule has 1 aliphatic carbocycles. The first kappa shape index (κ1) is 13.6. The lowest BCUT2D eigenvalue weighted by Gasteiger charge is -2.03. The van der Waals surface area contributed by atoms with E-state index in [9.17, 15) is 0 Å². The highest BCUT2D eigenvalue weighted by Crippen LogP contribution is 2.54. The monoisotopic (exact) mass is 313 g/mol. The molecule has 2 atom stereocenters. The lowest BCUT2D eigenvalue weighted by atomic mass is 10.1. The van der Waals surface area contributed by atoms with E-state index < -0.39 is 0 Å². The van der Waals surface area contributed by atoms with E-state index in [1.54, 1.807) is 0 Å². The molecule has 22 heavy (non-hydrogen) atoms. The van der Waals surface area contributed by atoms with Crippen molar-refractivity contribution in [2.45, 2.75) is 39.0 Å². The van der Waals surface area contributed by atoms with Crippen molar-refractivity contribution >= 4 is 17.2 Å². The molecule has 3 aromatic heterocycles. The van der Waals surface area contributed by atoms with E-state index >= 15 is 0 Å². The molecular weight excluding hydrogens is 298 g/mol. The fourth-order valence-corrected chi connectivity index (χ4v) is 3.10. The van der Waals surface area contributed by atoms with Gasteiger partial charge in [0.15, 0.2) is 11.5 Å². The van der Waals surface area contributed by atoms with Crippen molar-refractivity contribution in [3.63, 3.8) is 0 Å². The highest BCUT2D eigenvalue weighted by molar-refractivity contribution is 6.29. The van der Waals surface area contributed by atoms with E-state index in [1.165, 1.54) is 5.56 Å².